The largest absolute Gasteiger partial charge is 0.338 e. The molecule has 0 saturated heterocycles. The lowest BCUT2D eigenvalue weighted by Crippen LogP contribution is -2.44. The van der Waals surface area contributed by atoms with Gasteiger partial charge in [-0.3, -0.25) is 0 Å². The first kappa shape index (κ1) is 9.62. The van der Waals surface area contributed by atoms with Crippen LogP contribution in [0.5, 0.6) is 0 Å². The van der Waals surface area contributed by atoms with E-state index >= 15 is 0 Å². The molecule has 0 spiro atoms. The maximum absolute atomic E-state index is 10.8. The fraction of sp³-hybridized carbons (Fsp3) is 0.833. The normalized spacial score (nSPS) is 10.8. The lowest BCUT2D eigenvalue weighted by Gasteiger charge is -2.19. The molecule has 0 rings (SSSR count). The highest BCUT2D eigenvalue weighted by molar-refractivity contribution is 7.81. The molecular weight excluding hydrogens is 148 g/mol. The molecule has 0 aromatic rings. The fourth-order valence-corrected chi connectivity index (χ4v) is 0.584. The van der Waals surface area contributed by atoms with Crippen LogP contribution in [-0.2, 0) is 0 Å². The third-order valence-corrected chi connectivity index (χ3v) is 0.869. The van der Waals surface area contributed by atoms with Crippen molar-refractivity contribution < 1.29 is 4.79 Å². The maximum Gasteiger partial charge on any atom is 0.315 e. The lowest BCUT2D eigenvalue weighted by molar-refractivity contribution is 0.238. The average molecular weight is 162 g/mol. The summed E-state index contributed by atoms with van der Waals surface area (Å²) < 4.78 is 0. The molecule has 0 radical (unpaired) electrons. The molecule has 0 saturated carbocycles. The Kier molecular flexibility index (Phi) is 3.57. The number of nitrogens with one attached hydrogen (secondary N) is 2. The third-order valence-electron chi connectivity index (χ3n) is 0.757. The molecule has 0 atom stereocenters. The van der Waals surface area contributed by atoms with Crippen molar-refractivity contribution in [2.45, 2.75) is 25.6 Å². The van der Waals surface area contributed by atoms with Crippen LogP contribution in [0.25, 0.3) is 0 Å². The molecule has 0 fully saturated rings. The Morgan fingerprint density at radius 2 is 2.10 bits per heavy atom. The van der Waals surface area contributed by atoms with Gasteiger partial charge in [0, 0.05) is 6.54 Å². The molecule has 0 aliphatic carbocycles. The van der Waals surface area contributed by atoms with E-state index in [-0.39, 0.29) is 6.03 Å². The average Bonchev–Trinajstić information content (AvgIpc) is 1.59. The Morgan fingerprint density at radius 3 is 2.40 bits per heavy atom. The summed E-state index contributed by atoms with van der Waals surface area (Å²) in [6.45, 7) is 6.12. The number of amides is 2. The molecule has 0 bridgehead atoms. The fourth-order valence-electron chi connectivity index (χ4n) is 0.483. The Bertz CT molecular complexity index is 119. The second-order valence-corrected chi connectivity index (χ2v) is 3.66. The van der Waals surface area contributed by atoms with Crippen LogP contribution in [0.2, 0.25) is 0 Å². The number of thiol groups is 1. The minimum Gasteiger partial charge on any atom is -0.338 e. The van der Waals surface area contributed by atoms with Crippen molar-refractivity contribution in [3.05, 3.63) is 0 Å². The molecule has 0 heterocycles. The molecule has 2 N–H and O–H groups in total. The van der Waals surface area contributed by atoms with E-state index in [1.807, 2.05) is 20.8 Å². The van der Waals surface area contributed by atoms with Crippen molar-refractivity contribution in [2.75, 3.05) is 6.54 Å². The summed E-state index contributed by atoms with van der Waals surface area (Å²) in [5.74, 6) is 0. The number of carbonyl (C=O) groups is 1. The van der Waals surface area contributed by atoms with Crippen LogP contribution < -0.4 is 10.6 Å². The molecule has 0 aromatic heterocycles. The zero-order valence-electron chi connectivity index (χ0n) is 6.56. The number of rotatable bonds is 2. The van der Waals surface area contributed by atoms with Crippen LogP contribution in [-0.4, -0.2) is 17.4 Å². The van der Waals surface area contributed by atoms with Gasteiger partial charge in [-0.2, -0.15) is 12.6 Å². The van der Waals surface area contributed by atoms with Crippen LogP contribution in [0.3, 0.4) is 0 Å². The summed E-state index contributed by atoms with van der Waals surface area (Å²) in [7, 11) is 0. The van der Waals surface area contributed by atoms with Gasteiger partial charge in [-0.1, -0.05) is 0 Å². The van der Waals surface area contributed by atoms with Crippen molar-refractivity contribution >= 4 is 18.7 Å². The zero-order valence-corrected chi connectivity index (χ0v) is 7.46. The lowest BCUT2D eigenvalue weighted by atomic mass is 10.4. The number of carbonyl (C=O) groups excluding carboxylic acids is 1. The molecule has 0 aromatic carbocycles. The van der Waals surface area contributed by atoms with E-state index in [2.05, 4.69) is 23.3 Å². The van der Waals surface area contributed by atoms with Crippen LogP contribution in [0.15, 0.2) is 0 Å². The highest BCUT2D eigenvalue weighted by atomic mass is 32.1. The number of hydrogen-bond acceptors (Lipinski definition) is 2. The van der Waals surface area contributed by atoms with Gasteiger partial charge in [0.05, 0.1) is 4.87 Å². The van der Waals surface area contributed by atoms with E-state index in [1.54, 1.807) is 0 Å². The van der Waals surface area contributed by atoms with Gasteiger partial charge < -0.3 is 10.6 Å². The van der Waals surface area contributed by atoms with E-state index in [0.29, 0.717) is 6.54 Å². The van der Waals surface area contributed by atoms with Crippen molar-refractivity contribution in [1.29, 1.82) is 0 Å². The van der Waals surface area contributed by atoms with Crippen LogP contribution in [0.4, 0.5) is 4.79 Å². The van der Waals surface area contributed by atoms with Gasteiger partial charge in [0.15, 0.2) is 0 Å². The zero-order chi connectivity index (χ0) is 8.20. The van der Waals surface area contributed by atoms with Crippen LogP contribution in [0.1, 0.15) is 20.8 Å². The quantitative estimate of drug-likeness (QED) is 0.411. The smallest absolute Gasteiger partial charge is 0.315 e. The van der Waals surface area contributed by atoms with Crippen molar-refractivity contribution in [1.82, 2.24) is 10.6 Å². The van der Waals surface area contributed by atoms with Crippen molar-refractivity contribution in [3.8, 4) is 0 Å². The van der Waals surface area contributed by atoms with Gasteiger partial charge in [-0.25, -0.2) is 4.79 Å². The molecule has 0 aliphatic rings. The van der Waals surface area contributed by atoms with E-state index in [1.165, 1.54) is 0 Å². The Balaban J connectivity index is 3.58. The van der Waals surface area contributed by atoms with Crippen molar-refractivity contribution in [2.24, 2.45) is 0 Å². The molecule has 2 amide bonds. The van der Waals surface area contributed by atoms with Crippen molar-refractivity contribution in [3.63, 3.8) is 0 Å². The SMILES string of the molecule is CCNC(=O)NC(C)(C)S. The predicted octanol–water partition coefficient (Wildman–Crippen LogP) is 0.971. The van der Waals surface area contributed by atoms with Crippen LogP contribution >= 0.6 is 12.6 Å². The molecule has 60 valence electrons. The molecule has 0 aliphatic heterocycles. The summed E-state index contributed by atoms with van der Waals surface area (Å²) in [5, 5.41) is 5.24. The van der Waals surface area contributed by atoms with E-state index in [4.69, 9.17) is 0 Å². The molecule has 10 heavy (non-hydrogen) atoms. The monoisotopic (exact) mass is 162 g/mol. The van der Waals surface area contributed by atoms with E-state index in [0.717, 1.165) is 0 Å². The molecule has 3 nitrogen and oxygen atoms in total. The first-order valence-corrected chi connectivity index (χ1v) is 3.69. The summed E-state index contributed by atoms with van der Waals surface area (Å²) in [6, 6.07) is -0.178. The van der Waals surface area contributed by atoms with E-state index in [9.17, 15) is 4.79 Å². The predicted molar refractivity (Wildman–Crippen MR) is 45.3 cm³/mol. The molecule has 0 unspecified atom stereocenters. The number of urea groups is 1. The Labute approximate surface area is 67.0 Å². The van der Waals surface area contributed by atoms with Gasteiger partial charge in [0.25, 0.3) is 0 Å². The Hall–Kier alpha value is -0.380. The minimum atomic E-state index is -0.445. The molecule has 4 heteroatoms. The van der Waals surface area contributed by atoms with Crippen LogP contribution in [0, 0.1) is 0 Å². The first-order chi connectivity index (χ1) is 4.45. The minimum absolute atomic E-state index is 0.178. The van der Waals surface area contributed by atoms with Gasteiger partial charge in [0.2, 0.25) is 0 Å². The van der Waals surface area contributed by atoms with Gasteiger partial charge in [0.1, 0.15) is 0 Å². The summed E-state index contributed by atoms with van der Waals surface area (Å²) in [6.07, 6.45) is 0. The van der Waals surface area contributed by atoms with Gasteiger partial charge in [-0.15, -0.1) is 0 Å². The second kappa shape index (κ2) is 3.71. The summed E-state index contributed by atoms with van der Waals surface area (Å²) in [5.41, 5.74) is 0. The summed E-state index contributed by atoms with van der Waals surface area (Å²) in [4.78, 5) is 10.3. The number of hydrogen-bond donors (Lipinski definition) is 3. The standard InChI is InChI=1S/C6H14N2OS/c1-4-7-5(9)8-6(2,3)10/h10H,4H2,1-3H3,(H2,7,8,9). The highest BCUT2D eigenvalue weighted by Crippen LogP contribution is 2.05. The van der Waals surface area contributed by atoms with Gasteiger partial charge >= 0.3 is 6.03 Å². The highest BCUT2D eigenvalue weighted by Gasteiger charge is 2.12. The Morgan fingerprint density at radius 1 is 1.60 bits per heavy atom. The summed E-state index contributed by atoms with van der Waals surface area (Å²) >= 11 is 4.11. The molecular formula is C6H14N2OS. The topological polar surface area (TPSA) is 41.1 Å². The second-order valence-electron chi connectivity index (χ2n) is 2.54. The van der Waals surface area contributed by atoms with Gasteiger partial charge in [-0.05, 0) is 20.8 Å². The maximum atomic E-state index is 10.8. The third kappa shape index (κ3) is 5.75. The first-order valence-electron chi connectivity index (χ1n) is 3.24. The van der Waals surface area contributed by atoms with E-state index < -0.39 is 4.87 Å².